The fourth-order valence-corrected chi connectivity index (χ4v) is 2.31. The van der Waals surface area contributed by atoms with E-state index < -0.39 is 0 Å². The molecule has 0 amide bonds. The van der Waals surface area contributed by atoms with E-state index in [9.17, 15) is 0 Å². The standard InChI is InChI=1S/C14H11N3OS/c1-2-8-15-11(4-1)10-19-14-7-6-12(16-17-14)13-5-3-9-18-13/h1-9H,10H2. The third kappa shape index (κ3) is 3.00. The predicted octanol–water partition coefficient (Wildman–Crippen LogP) is 3.42. The first kappa shape index (κ1) is 11.9. The van der Waals surface area contributed by atoms with Crippen LogP contribution in [-0.2, 0) is 5.75 Å². The molecule has 0 saturated carbocycles. The van der Waals surface area contributed by atoms with Gasteiger partial charge in [-0.3, -0.25) is 4.98 Å². The van der Waals surface area contributed by atoms with E-state index in [1.54, 1.807) is 24.2 Å². The number of furan rings is 1. The fourth-order valence-electron chi connectivity index (χ4n) is 1.58. The fraction of sp³-hybridized carbons (Fsp3) is 0.0714. The Hall–Kier alpha value is -2.14. The van der Waals surface area contributed by atoms with Crippen molar-refractivity contribution in [3.63, 3.8) is 0 Å². The summed E-state index contributed by atoms with van der Waals surface area (Å²) < 4.78 is 5.27. The first-order valence-electron chi connectivity index (χ1n) is 5.82. The molecule has 0 radical (unpaired) electrons. The van der Waals surface area contributed by atoms with Gasteiger partial charge >= 0.3 is 0 Å². The molecule has 5 heteroatoms. The minimum atomic E-state index is 0.730. The highest BCUT2D eigenvalue weighted by atomic mass is 32.2. The Balaban J connectivity index is 1.67. The summed E-state index contributed by atoms with van der Waals surface area (Å²) >= 11 is 1.61. The van der Waals surface area contributed by atoms with Gasteiger partial charge in [0.25, 0.3) is 0 Å². The van der Waals surface area contributed by atoms with Crippen molar-refractivity contribution in [1.29, 1.82) is 0 Å². The lowest BCUT2D eigenvalue weighted by atomic mass is 10.3. The van der Waals surface area contributed by atoms with Crippen molar-refractivity contribution in [2.45, 2.75) is 10.8 Å². The zero-order valence-electron chi connectivity index (χ0n) is 10.1. The topological polar surface area (TPSA) is 51.8 Å². The van der Waals surface area contributed by atoms with Crippen LogP contribution in [0.4, 0.5) is 0 Å². The number of thioether (sulfide) groups is 1. The van der Waals surface area contributed by atoms with E-state index in [0.717, 1.165) is 27.9 Å². The number of pyridine rings is 1. The highest BCUT2D eigenvalue weighted by molar-refractivity contribution is 7.98. The first-order chi connectivity index (χ1) is 9.42. The maximum absolute atomic E-state index is 5.27. The molecule has 0 aromatic carbocycles. The van der Waals surface area contributed by atoms with Gasteiger partial charge in [0.15, 0.2) is 5.76 Å². The third-order valence-electron chi connectivity index (χ3n) is 2.51. The molecule has 0 atom stereocenters. The molecule has 3 rings (SSSR count). The van der Waals surface area contributed by atoms with Crippen molar-refractivity contribution >= 4 is 11.8 Å². The molecule has 0 fully saturated rings. The van der Waals surface area contributed by atoms with Crippen LogP contribution >= 0.6 is 11.8 Å². The molecule has 4 nitrogen and oxygen atoms in total. The zero-order chi connectivity index (χ0) is 12.9. The van der Waals surface area contributed by atoms with Gasteiger partial charge in [-0.1, -0.05) is 17.8 Å². The quantitative estimate of drug-likeness (QED) is 0.679. The Morgan fingerprint density at radius 1 is 1.00 bits per heavy atom. The van der Waals surface area contributed by atoms with E-state index in [4.69, 9.17) is 4.42 Å². The van der Waals surface area contributed by atoms with E-state index >= 15 is 0 Å². The van der Waals surface area contributed by atoms with Crippen LogP contribution in [0.5, 0.6) is 0 Å². The highest BCUT2D eigenvalue weighted by Gasteiger charge is 2.04. The Morgan fingerprint density at radius 2 is 2.00 bits per heavy atom. The van der Waals surface area contributed by atoms with Gasteiger partial charge in [0, 0.05) is 11.9 Å². The van der Waals surface area contributed by atoms with Crippen molar-refractivity contribution in [2.24, 2.45) is 0 Å². The Labute approximate surface area is 114 Å². The van der Waals surface area contributed by atoms with Gasteiger partial charge in [-0.25, -0.2) is 0 Å². The lowest BCUT2D eigenvalue weighted by Gasteiger charge is -2.00. The maximum Gasteiger partial charge on any atom is 0.154 e. The maximum atomic E-state index is 5.27. The first-order valence-corrected chi connectivity index (χ1v) is 6.81. The number of hydrogen-bond acceptors (Lipinski definition) is 5. The average Bonchev–Trinajstić information content (AvgIpc) is 3.01. The molecule has 94 valence electrons. The van der Waals surface area contributed by atoms with E-state index in [0.29, 0.717) is 0 Å². The van der Waals surface area contributed by atoms with Crippen molar-refractivity contribution in [2.75, 3.05) is 0 Å². The molecule has 19 heavy (non-hydrogen) atoms. The molecule has 0 bridgehead atoms. The number of aromatic nitrogens is 3. The van der Waals surface area contributed by atoms with E-state index in [2.05, 4.69) is 15.2 Å². The summed E-state index contributed by atoms with van der Waals surface area (Å²) in [5.74, 6) is 1.52. The summed E-state index contributed by atoms with van der Waals surface area (Å²) in [6.07, 6.45) is 3.42. The summed E-state index contributed by atoms with van der Waals surface area (Å²) in [6.45, 7) is 0. The van der Waals surface area contributed by atoms with Crippen molar-refractivity contribution in [3.05, 3.63) is 60.6 Å². The summed E-state index contributed by atoms with van der Waals surface area (Å²) in [4.78, 5) is 4.27. The van der Waals surface area contributed by atoms with Gasteiger partial charge < -0.3 is 4.42 Å². The molecular weight excluding hydrogens is 258 g/mol. The monoisotopic (exact) mass is 269 g/mol. The lowest BCUT2D eigenvalue weighted by molar-refractivity contribution is 0.578. The van der Waals surface area contributed by atoms with Crippen LogP contribution in [0.1, 0.15) is 5.69 Å². The smallest absolute Gasteiger partial charge is 0.154 e. The van der Waals surface area contributed by atoms with Gasteiger partial charge in [0.2, 0.25) is 0 Å². The van der Waals surface area contributed by atoms with Gasteiger partial charge in [-0.2, -0.15) is 0 Å². The van der Waals surface area contributed by atoms with Crippen LogP contribution in [-0.4, -0.2) is 15.2 Å². The summed E-state index contributed by atoms with van der Waals surface area (Å²) in [5, 5.41) is 9.20. The van der Waals surface area contributed by atoms with Crippen LogP contribution in [0.15, 0.2) is 64.4 Å². The molecule has 0 unspecified atom stereocenters. The van der Waals surface area contributed by atoms with Crippen LogP contribution < -0.4 is 0 Å². The highest BCUT2D eigenvalue weighted by Crippen LogP contribution is 2.22. The van der Waals surface area contributed by atoms with Gasteiger partial charge in [-0.15, -0.1) is 10.2 Å². The summed E-state index contributed by atoms with van der Waals surface area (Å²) in [5.41, 5.74) is 1.77. The lowest BCUT2D eigenvalue weighted by Crippen LogP contribution is -1.90. The van der Waals surface area contributed by atoms with Crippen LogP contribution in [0.25, 0.3) is 11.5 Å². The Morgan fingerprint density at radius 3 is 2.68 bits per heavy atom. The van der Waals surface area contributed by atoms with Crippen LogP contribution in [0, 0.1) is 0 Å². The second-order valence-corrected chi connectivity index (χ2v) is 4.84. The molecule has 3 aromatic rings. The van der Waals surface area contributed by atoms with Gasteiger partial charge in [-0.05, 0) is 36.4 Å². The van der Waals surface area contributed by atoms with E-state index in [-0.39, 0.29) is 0 Å². The third-order valence-corrected chi connectivity index (χ3v) is 3.46. The molecular formula is C14H11N3OS. The SMILES string of the molecule is c1ccc(CSc2ccc(-c3ccco3)nn2)nc1. The number of hydrogen-bond donors (Lipinski definition) is 0. The molecule has 0 aliphatic carbocycles. The minimum Gasteiger partial charge on any atom is -0.463 e. The molecule has 3 heterocycles. The summed E-state index contributed by atoms with van der Waals surface area (Å²) in [7, 11) is 0. The molecule has 0 saturated heterocycles. The van der Waals surface area contributed by atoms with E-state index in [1.807, 2.05) is 42.5 Å². The molecule has 0 spiro atoms. The normalized spacial score (nSPS) is 10.5. The Kier molecular flexibility index (Phi) is 3.56. The second kappa shape index (κ2) is 5.67. The average molecular weight is 269 g/mol. The molecule has 3 aromatic heterocycles. The molecule has 0 aliphatic heterocycles. The number of nitrogens with zero attached hydrogens (tertiary/aromatic N) is 3. The largest absolute Gasteiger partial charge is 0.463 e. The second-order valence-electron chi connectivity index (χ2n) is 3.84. The Bertz CT molecular complexity index is 624. The van der Waals surface area contributed by atoms with Gasteiger partial charge in [0.1, 0.15) is 10.7 Å². The number of rotatable bonds is 4. The predicted molar refractivity (Wildman–Crippen MR) is 73.5 cm³/mol. The minimum absolute atomic E-state index is 0.730. The van der Waals surface area contributed by atoms with Crippen LogP contribution in [0.2, 0.25) is 0 Å². The van der Waals surface area contributed by atoms with Crippen molar-refractivity contribution < 1.29 is 4.42 Å². The molecule has 0 N–H and O–H groups in total. The molecule has 0 aliphatic rings. The van der Waals surface area contributed by atoms with Gasteiger partial charge in [0.05, 0.1) is 12.0 Å². The van der Waals surface area contributed by atoms with Crippen LogP contribution in [0.3, 0.4) is 0 Å². The van der Waals surface area contributed by atoms with Crippen molar-refractivity contribution in [3.8, 4) is 11.5 Å². The van der Waals surface area contributed by atoms with Crippen molar-refractivity contribution in [1.82, 2.24) is 15.2 Å². The van der Waals surface area contributed by atoms with E-state index in [1.165, 1.54) is 0 Å². The zero-order valence-corrected chi connectivity index (χ0v) is 10.9. The summed E-state index contributed by atoms with van der Waals surface area (Å²) in [6, 6.07) is 13.4.